The summed E-state index contributed by atoms with van der Waals surface area (Å²) in [6.07, 6.45) is 0. The molecule has 50 heavy (non-hydrogen) atoms. The van der Waals surface area contributed by atoms with Gasteiger partial charge in [0.15, 0.2) is 0 Å². The Morgan fingerprint density at radius 1 is 0.400 bits per heavy atom. The van der Waals surface area contributed by atoms with Crippen LogP contribution in [0.5, 0.6) is 0 Å². The maximum absolute atomic E-state index is 6.34. The molecular weight excluding hydrogens is 613 g/mol. The number of fused-ring (bicyclic) bond motifs is 11. The van der Waals surface area contributed by atoms with E-state index in [1.54, 1.807) is 0 Å². The highest BCUT2D eigenvalue weighted by Gasteiger charge is 2.23. The van der Waals surface area contributed by atoms with Gasteiger partial charge < -0.3 is 18.3 Å². The molecule has 0 radical (unpaired) electrons. The summed E-state index contributed by atoms with van der Waals surface area (Å²) in [4.78, 5) is 2.41. The Bertz CT molecular complexity index is 3110. The molecule has 0 aliphatic rings. The minimum absolute atomic E-state index is 0.872. The van der Waals surface area contributed by atoms with Crippen molar-refractivity contribution in [1.82, 2.24) is 4.57 Å². The van der Waals surface area contributed by atoms with E-state index in [9.17, 15) is 0 Å². The summed E-state index contributed by atoms with van der Waals surface area (Å²) >= 11 is 0. The summed E-state index contributed by atoms with van der Waals surface area (Å²) in [5.41, 5.74) is 10.2. The van der Waals surface area contributed by atoms with Crippen LogP contribution in [0.3, 0.4) is 0 Å². The fourth-order valence-corrected chi connectivity index (χ4v) is 7.98. The van der Waals surface area contributed by atoms with Crippen molar-refractivity contribution in [3.63, 3.8) is 0 Å². The smallest absolute Gasteiger partial charge is 0.136 e. The van der Waals surface area contributed by atoms with Crippen LogP contribution in [-0.4, -0.2) is 4.57 Å². The lowest BCUT2D eigenvalue weighted by Crippen LogP contribution is -2.11. The average Bonchev–Trinajstić information content (AvgIpc) is 3.85. The molecule has 0 aliphatic heterocycles. The SMILES string of the molecule is c1ccc(-n2c3ccccc3c3cccc(N(c4ccc5oc6ccccc6c5c4)c4ccc5ccc6oc7ccccc7c6c5c4)c32)cc1. The average molecular weight is 641 g/mol. The fourth-order valence-electron chi connectivity index (χ4n) is 7.98. The molecule has 4 heteroatoms. The van der Waals surface area contributed by atoms with E-state index in [0.29, 0.717) is 0 Å². The second-order valence-electron chi connectivity index (χ2n) is 12.9. The number of hydrogen-bond donors (Lipinski definition) is 0. The molecule has 234 valence electrons. The van der Waals surface area contributed by atoms with Crippen molar-refractivity contribution in [3.8, 4) is 5.69 Å². The zero-order valence-electron chi connectivity index (χ0n) is 26.9. The van der Waals surface area contributed by atoms with Gasteiger partial charge in [0.25, 0.3) is 0 Å². The minimum Gasteiger partial charge on any atom is -0.456 e. The number of para-hydroxylation sites is 5. The Kier molecular flexibility index (Phi) is 5.63. The summed E-state index contributed by atoms with van der Waals surface area (Å²) in [5.74, 6) is 0. The van der Waals surface area contributed by atoms with Gasteiger partial charge in [0, 0.05) is 49.4 Å². The quantitative estimate of drug-likeness (QED) is 0.192. The van der Waals surface area contributed by atoms with E-state index in [4.69, 9.17) is 8.83 Å². The van der Waals surface area contributed by atoms with Crippen molar-refractivity contribution in [1.29, 1.82) is 0 Å². The molecule has 11 rings (SSSR count). The molecule has 0 N–H and O–H groups in total. The zero-order chi connectivity index (χ0) is 32.8. The number of anilines is 3. The topological polar surface area (TPSA) is 34.5 Å². The van der Waals surface area contributed by atoms with Crippen LogP contribution < -0.4 is 4.90 Å². The van der Waals surface area contributed by atoms with Crippen molar-refractivity contribution in [2.75, 3.05) is 4.90 Å². The van der Waals surface area contributed by atoms with Gasteiger partial charge in [0.2, 0.25) is 0 Å². The molecule has 0 saturated heterocycles. The van der Waals surface area contributed by atoms with Crippen LogP contribution in [0.2, 0.25) is 0 Å². The second-order valence-corrected chi connectivity index (χ2v) is 12.9. The molecule has 3 aromatic heterocycles. The summed E-state index contributed by atoms with van der Waals surface area (Å²) in [6.45, 7) is 0. The van der Waals surface area contributed by atoms with E-state index < -0.39 is 0 Å². The van der Waals surface area contributed by atoms with Crippen molar-refractivity contribution in [3.05, 3.63) is 170 Å². The van der Waals surface area contributed by atoms with Gasteiger partial charge in [-0.1, -0.05) is 97.1 Å². The first kappa shape index (κ1) is 27.2. The zero-order valence-corrected chi connectivity index (χ0v) is 26.9. The lowest BCUT2D eigenvalue weighted by molar-refractivity contribution is 0.668. The first-order valence-electron chi connectivity index (χ1n) is 16.9. The molecule has 4 nitrogen and oxygen atoms in total. The molecule has 0 atom stereocenters. The minimum atomic E-state index is 0.872. The number of benzene rings is 8. The largest absolute Gasteiger partial charge is 0.456 e. The third kappa shape index (κ3) is 3.87. The second kappa shape index (κ2) is 10.4. The normalized spacial score (nSPS) is 12.0. The Balaban J connectivity index is 1.27. The number of aromatic nitrogens is 1. The van der Waals surface area contributed by atoms with E-state index in [2.05, 4.69) is 155 Å². The van der Waals surface area contributed by atoms with Gasteiger partial charge in [-0.3, -0.25) is 0 Å². The first-order chi connectivity index (χ1) is 24.8. The van der Waals surface area contributed by atoms with Crippen molar-refractivity contribution >= 4 is 93.5 Å². The highest BCUT2D eigenvalue weighted by atomic mass is 16.3. The Hall–Kier alpha value is -6.78. The van der Waals surface area contributed by atoms with E-state index >= 15 is 0 Å². The monoisotopic (exact) mass is 640 g/mol. The molecule has 0 saturated carbocycles. The maximum atomic E-state index is 6.34. The molecule has 0 unspecified atom stereocenters. The standard InChI is InChI=1S/C46H28N2O2/c1-2-11-30(12-3-1)48-39-17-7-4-13-33(39)35-16-10-18-40(46(35)48)47(32-24-26-43-38(28-32)34-14-5-8-19-41(34)49-43)31-23-21-29-22-25-44-45(37(29)27-31)36-15-6-9-20-42(36)50-44/h1-28H. The van der Waals surface area contributed by atoms with Crippen molar-refractivity contribution in [2.45, 2.75) is 0 Å². The van der Waals surface area contributed by atoms with Gasteiger partial charge in [0.1, 0.15) is 22.3 Å². The summed E-state index contributed by atoms with van der Waals surface area (Å²) in [5, 5.41) is 9.18. The molecule has 0 aliphatic carbocycles. The van der Waals surface area contributed by atoms with Crippen molar-refractivity contribution in [2.24, 2.45) is 0 Å². The van der Waals surface area contributed by atoms with Crippen LogP contribution >= 0.6 is 0 Å². The highest BCUT2D eigenvalue weighted by Crippen LogP contribution is 2.46. The summed E-state index contributed by atoms with van der Waals surface area (Å²) in [7, 11) is 0. The number of furan rings is 2. The Labute approximate surface area is 286 Å². The number of hydrogen-bond acceptors (Lipinski definition) is 3. The third-order valence-corrected chi connectivity index (χ3v) is 10.1. The Morgan fingerprint density at radius 3 is 1.86 bits per heavy atom. The molecule has 0 amide bonds. The van der Waals surface area contributed by atoms with Crippen LogP contribution in [0.1, 0.15) is 0 Å². The molecule has 0 spiro atoms. The van der Waals surface area contributed by atoms with E-state index in [0.717, 1.165) is 77.5 Å². The molecular formula is C46H28N2O2. The predicted molar refractivity (Wildman–Crippen MR) is 208 cm³/mol. The van der Waals surface area contributed by atoms with Crippen molar-refractivity contribution < 1.29 is 8.83 Å². The first-order valence-corrected chi connectivity index (χ1v) is 16.9. The fraction of sp³-hybridized carbons (Fsp3) is 0. The van der Waals surface area contributed by atoms with E-state index in [-0.39, 0.29) is 0 Å². The molecule has 0 fully saturated rings. The van der Waals surface area contributed by atoms with Crippen LogP contribution in [-0.2, 0) is 0 Å². The summed E-state index contributed by atoms with van der Waals surface area (Å²) in [6, 6.07) is 60.2. The third-order valence-electron chi connectivity index (χ3n) is 10.1. The predicted octanol–water partition coefficient (Wildman–Crippen LogP) is 13.2. The van der Waals surface area contributed by atoms with Gasteiger partial charge in [-0.05, 0) is 83.6 Å². The molecule has 3 heterocycles. The number of nitrogens with zero attached hydrogens (tertiary/aromatic N) is 2. The van der Waals surface area contributed by atoms with Gasteiger partial charge in [-0.15, -0.1) is 0 Å². The molecule has 8 aromatic carbocycles. The Morgan fingerprint density at radius 2 is 1.00 bits per heavy atom. The summed E-state index contributed by atoms with van der Waals surface area (Å²) < 4.78 is 15.0. The van der Waals surface area contributed by atoms with Gasteiger partial charge in [-0.25, -0.2) is 0 Å². The number of rotatable bonds is 4. The van der Waals surface area contributed by atoms with Crippen LogP contribution in [0, 0.1) is 0 Å². The highest BCUT2D eigenvalue weighted by molar-refractivity contribution is 6.20. The molecule has 11 aromatic rings. The van der Waals surface area contributed by atoms with E-state index in [1.807, 2.05) is 24.3 Å². The van der Waals surface area contributed by atoms with Gasteiger partial charge in [-0.2, -0.15) is 0 Å². The van der Waals surface area contributed by atoms with E-state index in [1.165, 1.54) is 21.7 Å². The molecule has 0 bridgehead atoms. The van der Waals surface area contributed by atoms with Gasteiger partial charge in [0.05, 0.1) is 16.7 Å². The lowest BCUT2D eigenvalue weighted by Gasteiger charge is -2.27. The van der Waals surface area contributed by atoms with Crippen LogP contribution in [0.4, 0.5) is 17.1 Å². The van der Waals surface area contributed by atoms with Crippen LogP contribution in [0.25, 0.3) is 82.1 Å². The maximum Gasteiger partial charge on any atom is 0.136 e. The lowest BCUT2D eigenvalue weighted by atomic mass is 10.0. The van der Waals surface area contributed by atoms with Crippen LogP contribution in [0.15, 0.2) is 179 Å². The van der Waals surface area contributed by atoms with Gasteiger partial charge >= 0.3 is 0 Å².